The first kappa shape index (κ1) is 10.4. The Morgan fingerprint density at radius 1 is 1.31 bits per heavy atom. The van der Waals surface area contributed by atoms with Gasteiger partial charge in [-0.2, -0.15) is 0 Å². The molecule has 3 atom stereocenters. The first-order chi connectivity index (χ1) is 7.60. The topological polar surface area (TPSA) is 26.3 Å². The van der Waals surface area contributed by atoms with Gasteiger partial charge in [-0.25, -0.2) is 0 Å². The van der Waals surface area contributed by atoms with Crippen LogP contribution in [0.2, 0.25) is 0 Å². The van der Waals surface area contributed by atoms with Gasteiger partial charge in [0.15, 0.2) is 0 Å². The van der Waals surface area contributed by atoms with Crippen molar-refractivity contribution in [3.8, 4) is 0 Å². The second-order valence-corrected chi connectivity index (χ2v) is 6.06. The van der Waals surface area contributed by atoms with Gasteiger partial charge in [0.1, 0.15) is 6.10 Å². The molecule has 0 amide bonds. The van der Waals surface area contributed by atoms with Crippen molar-refractivity contribution in [1.82, 2.24) is 0 Å². The van der Waals surface area contributed by atoms with E-state index in [2.05, 4.69) is 6.08 Å². The Morgan fingerprint density at radius 2 is 2.12 bits per heavy atom. The van der Waals surface area contributed by atoms with Gasteiger partial charge in [-0.05, 0) is 57.4 Å². The van der Waals surface area contributed by atoms with Gasteiger partial charge >= 0.3 is 5.97 Å². The van der Waals surface area contributed by atoms with Crippen molar-refractivity contribution in [1.29, 1.82) is 0 Å². The van der Waals surface area contributed by atoms with Gasteiger partial charge in [0.25, 0.3) is 0 Å². The molecule has 0 aromatic heterocycles. The van der Waals surface area contributed by atoms with Crippen LogP contribution >= 0.6 is 0 Å². The van der Waals surface area contributed by atoms with Crippen LogP contribution in [0.5, 0.6) is 0 Å². The lowest BCUT2D eigenvalue weighted by atomic mass is 9.65. The predicted octanol–water partition coefficient (Wildman–Crippen LogP) is 3.07. The lowest BCUT2D eigenvalue weighted by molar-refractivity contribution is -0.146. The van der Waals surface area contributed by atoms with Crippen LogP contribution in [0.3, 0.4) is 0 Å². The Kier molecular flexibility index (Phi) is 2.17. The first-order valence-corrected chi connectivity index (χ1v) is 6.51. The highest BCUT2D eigenvalue weighted by Crippen LogP contribution is 2.51. The highest BCUT2D eigenvalue weighted by atomic mass is 16.6. The zero-order valence-corrected chi connectivity index (χ0v) is 10.2. The number of rotatable bonds is 0. The van der Waals surface area contributed by atoms with E-state index in [4.69, 9.17) is 4.74 Å². The molecule has 3 rings (SSSR count). The van der Waals surface area contributed by atoms with Crippen molar-refractivity contribution in [2.24, 2.45) is 17.3 Å². The number of carbonyl (C=O) groups is 1. The summed E-state index contributed by atoms with van der Waals surface area (Å²) in [6.07, 6.45) is 8.66. The molecule has 0 spiro atoms. The minimum Gasteiger partial charge on any atom is -0.457 e. The van der Waals surface area contributed by atoms with Crippen LogP contribution in [0.15, 0.2) is 11.6 Å². The molecule has 2 nitrogen and oxygen atoms in total. The van der Waals surface area contributed by atoms with Crippen LogP contribution in [0, 0.1) is 17.3 Å². The number of carbonyl (C=O) groups excluding carboxylic acids is 1. The molecule has 2 fully saturated rings. The van der Waals surface area contributed by atoms with E-state index >= 15 is 0 Å². The summed E-state index contributed by atoms with van der Waals surface area (Å²) in [4.78, 5) is 11.9. The standard InChI is InChI=1S/C14H20O2/c1-14(2)11-8-7-9-5-3-4-6-10(9)12(11)16-13(14)15/h6,9,11-12H,3-5,7-8H2,1-2H3. The van der Waals surface area contributed by atoms with Crippen LogP contribution in [-0.4, -0.2) is 12.1 Å². The molecular formula is C14H20O2. The fourth-order valence-electron chi connectivity index (χ4n) is 3.70. The molecule has 1 saturated heterocycles. The van der Waals surface area contributed by atoms with Gasteiger partial charge < -0.3 is 4.74 Å². The molecule has 1 aliphatic heterocycles. The highest BCUT2D eigenvalue weighted by molar-refractivity contribution is 5.79. The Morgan fingerprint density at radius 3 is 2.94 bits per heavy atom. The number of esters is 1. The Bertz CT molecular complexity index is 354. The molecule has 88 valence electrons. The van der Waals surface area contributed by atoms with E-state index in [1.165, 1.54) is 31.3 Å². The first-order valence-electron chi connectivity index (χ1n) is 6.51. The smallest absolute Gasteiger partial charge is 0.312 e. The van der Waals surface area contributed by atoms with Gasteiger partial charge in [-0.1, -0.05) is 6.08 Å². The van der Waals surface area contributed by atoms with Crippen molar-refractivity contribution in [3.63, 3.8) is 0 Å². The third kappa shape index (κ3) is 1.28. The molecule has 0 radical (unpaired) electrons. The van der Waals surface area contributed by atoms with E-state index in [1.54, 1.807) is 0 Å². The second-order valence-electron chi connectivity index (χ2n) is 6.06. The fraction of sp³-hybridized carbons (Fsp3) is 0.786. The summed E-state index contributed by atoms with van der Waals surface area (Å²) in [6, 6.07) is 0. The third-order valence-corrected chi connectivity index (χ3v) is 4.82. The van der Waals surface area contributed by atoms with Crippen molar-refractivity contribution in [2.75, 3.05) is 0 Å². The van der Waals surface area contributed by atoms with Crippen molar-refractivity contribution in [2.45, 2.75) is 52.1 Å². The zero-order valence-electron chi connectivity index (χ0n) is 10.2. The van der Waals surface area contributed by atoms with E-state index in [-0.39, 0.29) is 17.5 Å². The van der Waals surface area contributed by atoms with Crippen LogP contribution in [0.4, 0.5) is 0 Å². The lowest BCUT2D eigenvalue weighted by Gasteiger charge is -2.38. The average Bonchev–Trinajstić information content (AvgIpc) is 2.51. The lowest BCUT2D eigenvalue weighted by Crippen LogP contribution is -2.36. The second kappa shape index (κ2) is 3.35. The minimum atomic E-state index is -0.270. The van der Waals surface area contributed by atoms with Gasteiger partial charge in [0, 0.05) is 5.92 Å². The maximum Gasteiger partial charge on any atom is 0.312 e. The molecule has 0 aromatic carbocycles. The van der Waals surface area contributed by atoms with E-state index in [9.17, 15) is 4.79 Å². The average molecular weight is 220 g/mol. The number of ether oxygens (including phenoxy) is 1. The molecule has 2 aliphatic carbocycles. The van der Waals surface area contributed by atoms with Crippen molar-refractivity contribution >= 4 is 5.97 Å². The number of hydrogen-bond acceptors (Lipinski definition) is 2. The maximum atomic E-state index is 11.9. The summed E-state index contributed by atoms with van der Waals surface area (Å²) in [6.45, 7) is 4.09. The van der Waals surface area contributed by atoms with Crippen LogP contribution < -0.4 is 0 Å². The van der Waals surface area contributed by atoms with E-state index < -0.39 is 0 Å². The molecule has 0 bridgehead atoms. The predicted molar refractivity (Wildman–Crippen MR) is 61.8 cm³/mol. The van der Waals surface area contributed by atoms with E-state index in [0.717, 1.165) is 6.42 Å². The Balaban J connectivity index is 1.95. The molecular weight excluding hydrogens is 200 g/mol. The van der Waals surface area contributed by atoms with E-state index in [1.807, 2.05) is 13.8 Å². The Hall–Kier alpha value is -0.790. The summed E-state index contributed by atoms with van der Waals surface area (Å²) in [5, 5.41) is 0. The van der Waals surface area contributed by atoms with Crippen LogP contribution in [0.1, 0.15) is 46.0 Å². The molecule has 3 unspecified atom stereocenters. The summed E-state index contributed by atoms with van der Waals surface area (Å²) in [7, 11) is 0. The molecule has 3 aliphatic rings. The summed E-state index contributed by atoms with van der Waals surface area (Å²) in [5.41, 5.74) is 1.18. The number of fused-ring (bicyclic) bond motifs is 3. The largest absolute Gasteiger partial charge is 0.457 e. The van der Waals surface area contributed by atoms with Crippen molar-refractivity contribution < 1.29 is 9.53 Å². The number of allylic oxidation sites excluding steroid dienone is 1. The van der Waals surface area contributed by atoms with E-state index in [0.29, 0.717) is 11.8 Å². The van der Waals surface area contributed by atoms with Crippen LogP contribution in [0.25, 0.3) is 0 Å². The third-order valence-electron chi connectivity index (χ3n) is 4.82. The molecule has 16 heavy (non-hydrogen) atoms. The van der Waals surface area contributed by atoms with Gasteiger partial charge in [0.05, 0.1) is 5.41 Å². The fourth-order valence-corrected chi connectivity index (χ4v) is 3.70. The summed E-state index contributed by atoms with van der Waals surface area (Å²) in [5.74, 6) is 1.13. The molecule has 1 heterocycles. The quantitative estimate of drug-likeness (QED) is 0.463. The molecule has 0 aromatic rings. The van der Waals surface area contributed by atoms with Gasteiger partial charge in [-0.15, -0.1) is 0 Å². The highest BCUT2D eigenvalue weighted by Gasteiger charge is 2.54. The van der Waals surface area contributed by atoms with Gasteiger partial charge in [-0.3, -0.25) is 4.79 Å². The SMILES string of the molecule is CC1(C)C(=O)OC2C3=CCCCC3CCC21. The summed E-state index contributed by atoms with van der Waals surface area (Å²) < 4.78 is 5.64. The van der Waals surface area contributed by atoms with Gasteiger partial charge in [0.2, 0.25) is 0 Å². The monoisotopic (exact) mass is 220 g/mol. The van der Waals surface area contributed by atoms with Crippen LogP contribution in [-0.2, 0) is 9.53 Å². The molecule has 2 heteroatoms. The zero-order chi connectivity index (χ0) is 11.3. The number of hydrogen-bond donors (Lipinski definition) is 0. The van der Waals surface area contributed by atoms with Crippen molar-refractivity contribution in [3.05, 3.63) is 11.6 Å². The molecule has 0 N–H and O–H groups in total. The normalized spacial score (nSPS) is 40.8. The Labute approximate surface area is 97.1 Å². The maximum absolute atomic E-state index is 11.9. The molecule has 1 saturated carbocycles. The minimum absolute atomic E-state index is 0.00891. The summed E-state index contributed by atoms with van der Waals surface area (Å²) >= 11 is 0.